The van der Waals surface area contributed by atoms with E-state index in [1.807, 2.05) is 6.92 Å². The van der Waals surface area contributed by atoms with Gasteiger partial charge in [-0.2, -0.15) is 0 Å². The fourth-order valence-electron chi connectivity index (χ4n) is 2.27. The van der Waals surface area contributed by atoms with E-state index in [1.165, 1.54) is 6.26 Å². The quantitative estimate of drug-likeness (QED) is 0.853. The molecule has 1 aromatic heterocycles. The summed E-state index contributed by atoms with van der Waals surface area (Å²) in [4.78, 5) is 26.0. The number of aliphatic hydroxyl groups is 1. The van der Waals surface area contributed by atoms with Crippen molar-refractivity contribution in [2.75, 3.05) is 18.4 Å². The molecule has 24 heavy (non-hydrogen) atoms. The zero-order valence-electron chi connectivity index (χ0n) is 14.1. The Morgan fingerprint density at radius 2 is 1.88 bits per heavy atom. The van der Waals surface area contributed by atoms with Crippen LogP contribution in [-0.2, 0) is 0 Å². The number of rotatable bonds is 6. The Labute approximate surface area is 141 Å². The molecule has 0 aliphatic rings. The standard InChI is InChI=1S/C18H22N2O4/c1-4-20(12-18(2,3)23)17(22)13-7-9-14(10-8-13)19-16(21)15-6-5-11-24-15/h5-11,23H,4,12H2,1-3H3,(H,19,21). The molecule has 0 fully saturated rings. The second-order valence-corrected chi connectivity index (χ2v) is 6.14. The number of amides is 2. The fraction of sp³-hybridized carbons (Fsp3) is 0.333. The summed E-state index contributed by atoms with van der Waals surface area (Å²) in [5.74, 6) is -0.294. The van der Waals surface area contributed by atoms with Crippen LogP contribution in [0, 0.1) is 0 Å². The highest BCUT2D eigenvalue weighted by molar-refractivity contribution is 6.02. The van der Waals surface area contributed by atoms with Crippen molar-refractivity contribution < 1.29 is 19.1 Å². The summed E-state index contributed by atoms with van der Waals surface area (Å²) in [7, 11) is 0. The molecule has 1 aromatic carbocycles. The molecule has 0 spiro atoms. The number of carbonyl (C=O) groups is 2. The Morgan fingerprint density at radius 3 is 2.38 bits per heavy atom. The smallest absolute Gasteiger partial charge is 0.291 e. The molecule has 2 amide bonds. The van der Waals surface area contributed by atoms with E-state index in [0.29, 0.717) is 17.8 Å². The second-order valence-electron chi connectivity index (χ2n) is 6.14. The predicted molar refractivity (Wildman–Crippen MR) is 91.0 cm³/mol. The molecular formula is C18H22N2O4. The van der Waals surface area contributed by atoms with E-state index >= 15 is 0 Å². The first kappa shape index (κ1) is 17.7. The van der Waals surface area contributed by atoms with Crippen LogP contribution in [0.3, 0.4) is 0 Å². The van der Waals surface area contributed by atoms with Gasteiger partial charge in [-0.1, -0.05) is 0 Å². The third-order valence-corrected chi connectivity index (χ3v) is 3.38. The van der Waals surface area contributed by atoms with Gasteiger partial charge in [0.1, 0.15) is 0 Å². The highest BCUT2D eigenvalue weighted by Gasteiger charge is 2.22. The molecule has 0 radical (unpaired) electrons. The lowest BCUT2D eigenvalue weighted by Gasteiger charge is -2.28. The fourth-order valence-corrected chi connectivity index (χ4v) is 2.27. The summed E-state index contributed by atoms with van der Waals surface area (Å²) in [6.07, 6.45) is 1.43. The third kappa shape index (κ3) is 4.70. The largest absolute Gasteiger partial charge is 0.459 e. The van der Waals surface area contributed by atoms with E-state index in [2.05, 4.69) is 5.32 Å². The predicted octanol–water partition coefficient (Wildman–Crippen LogP) is 2.76. The molecular weight excluding hydrogens is 308 g/mol. The van der Waals surface area contributed by atoms with E-state index in [9.17, 15) is 14.7 Å². The Bertz CT molecular complexity index is 685. The van der Waals surface area contributed by atoms with Crippen LogP contribution in [0.4, 0.5) is 5.69 Å². The van der Waals surface area contributed by atoms with Gasteiger partial charge in [0.15, 0.2) is 5.76 Å². The van der Waals surface area contributed by atoms with Crippen LogP contribution < -0.4 is 5.32 Å². The molecule has 2 aromatic rings. The van der Waals surface area contributed by atoms with E-state index in [1.54, 1.807) is 55.1 Å². The van der Waals surface area contributed by atoms with Crippen molar-refractivity contribution in [3.05, 3.63) is 54.0 Å². The molecule has 0 unspecified atom stereocenters. The first-order valence-electron chi connectivity index (χ1n) is 7.77. The van der Waals surface area contributed by atoms with Gasteiger partial charge in [-0.3, -0.25) is 9.59 Å². The highest BCUT2D eigenvalue weighted by atomic mass is 16.3. The van der Waals surface area contributed by atoms with Crippen molar-refractivity contribution in [3.8, 4) is 0 Å². The van der Waals surface area contributed by atoms with Crippen LogP contribution in [0.5, 0.6) is 0 Å². The van der Waals surface area contributed by atoms with Crippen LogP contribution in [0.15, 0.2) is 47.1 Å². The minimum Gasteiger partial charge on any atom is -0.459 e. The van der Waals surface area contributed by atoms with Gasteiger partial charge in [0.2, 0.25) is 0 Å². The van der Waals surface area contributed by atoms with Crippen LogP contribution in [0.1, 0.15) is 41.7 Å². The Kier molecular flexibility index (Phi) is 5.41. The van der Waals surface area contributed by atoms with Crippen molar-refractivity contribution in [2.45, 2.75) is 26.4 Å². The van der Waals surface area contributed by atoms with Crippen molar-refractivity contribution in [2.24, 2.45) is 0 Å². The number of carbonyl (C=O) groups excluding carboxylic acids is 2. The SMILES string of the molecule is CCN(CC(C)(C)O)C(=O)c1ccc(NC(=O)c2ccco2)cc1. The molecule has 2 rings (SSSR count). The minimum atomic E-state index is -0.956. The van der Waals surface area contributed by atoms with Crippen molar-refractivity contribution in [3.63, 3.8) is 0 Å². The normalized spacial score (nSPS) is 11.2. The number of nitrogens with one attached hydrogen (secondary N) is 1. The molecule has 0 saturated carbocycles. The number of nitrogens with zero attached hydrogens (tertiary/aromatic N) is 1. The van der Waals surface area contributed by atoms with Crippen molar-refractivity contribution in [1.29, 1.82) is 0 Å². The van der Waals surface area contributed by atoms with Crippen LogP contribution in [0.2, 0.25) is 0 Å². The lowest BCUT2D eigenvalue weighted by atomic mass is 10.1. The number of hydrogen-bond acceptors (Lipinski definition) is 4. The summed E-state index contributed by atoms with van der Waals surface area (Å²) in [5.41, 5.74) is 0.110. The maximum absolute atomic E-state index is 12.5. The van der Waals surface area contributed by atoms with Crippen LogP contribution in [0.25, 0.3) is 0 Å². The molecule has 0 atom stereocenters. The molecule has 0 bridgehead atoms. The molecule has 2 N–H and O–H groups in total. The first-order valence-corrected chi connectivity index (χ1v) is 7.77. The van der Waals surface area contributed by atoms with E-state index in [4.69, 9.17) is 4.42 Å². The van der Waals surface area contributed by atoms with Gasteiger partial charge in [-0.15, -0.1) is 0 Å². The van der Waals surface area contributed by atoms with Gasteiger partial charge in [0.05, 0.1) is 11.9 Å². The maximum Gasteiger partial charge on any atom is 0.291 e. The van der Waals surface area contributed by atoms with Crippen LogP contribution >= 0.6 is 0 Å². The summed E-state index contributed by atoms with van der Waals surface area (Å²) in [5, 5.41) is 12.6. The zero-order valence-corrected chi connectivity index (χ0v) is 14.1. The highest BCUT2D eigenvalue weighted by Crippen LogP contribution is 2.15. The lowest BCUT2D eigenvalue weighted by Crippen LogP contribution is -2.42. The van der Waals surface area contributed by atoms with Crippen molar-refractivity contribution >= 4 is 17.5 Å². The number of furan rings is 1. The number of hydrogen-bond donors (Lipinski definition) is 2. The average molecular weight is 330 g/mol. The van der Waals surface area contributed by atoms with Gasteiger partial charge in [0.25, 0.3) is 11.8 Å². The topological polar surface area (TPSA) is 82.8 Å². The molecule has 1 heterocycles. The Hall–Kier alpha value is -2.60. The molecule has 0 saturated heterocycles. The molecule has 6 heteroatoms. The van der Waals surface area contributed by atoms with Crippen LogP contribution in [-0.4, -0.2) is 40.5 Å². The Balaban J connectivity index is 2.05. The maximum atomic E-state index is 12.5. The zero-order chi connectivity index (χ0) is 17.7. The molecule has 0 aliphatic carbocycles. The number of benzene rings is 1. The first-order chi connectivity index (χ1) is 11.3. The molecule has 6 nitrogen and oxygen atoms in total. The van der Waals surface area contributed by atoms with Gasteiger partial charge in [0, 0.05) is 24.3 Å². The summed E-state index contributed by atoms with van der Waals surface area (Å²) < 4.78 is 5.03. The molecule has 0 aliphatic heterocycles. The van der Waals surface area contributed by atoms with Gasteiger partial charge in [-0.05, 0) is 57.2 Å². The summed E-state index contributed by atoms with van der Waals surface area (Å²) >= 11 is 0. The van der Waals surface area contributed by atoms with Gasteiger partial charge >= 0.3 is 0 Å². The molecule has 128 valence electrons. The average Bonchev–Trinajstić information content (AvgIpc) is 3.06. The summed E-state index contributed by atoms with van der Waals surface area (Å²) in [6.45, 7) is 5.94. The minimum absolute atomic E-state index is 0.163. The summed E-state index contributed by atoms with van der Waals surface area (Å²) in [6, 6.07) is 9.82. The third-order valence-electron chi connectivity index (χ3n) is 3.38. The monoisotopic (exact) mass is 330 g/mol. The van der Waals surface area contributed by atoms with E-state index < -0.39 is 5.60 Å². The van der Waals surface area contributed by atoms with E-state index in [0.717, 1.165) is 0 Å². The van der Waals surface area contributed by atoms with Gasteiger partial charge in [-0.25, -0.2) is 0 Å². The van der Waals surface area contributed by atoms with E-state index in [-0.39, 0.29) is 24.1 Å². The van der Waals surface area contributed by atoms with Crippen molar-refractivity contribution in [1.82, 2.24) is 4.90 Å². The van der Waals surface area contributed by atoms with Gasteiger partial charge < -0.3 is 19.7 Å². The Morgan fingerprint density at radius 1 is 1.21 bits per heavy atom. The lowest BCUT2D eigenvalue weighted by molar-refractivity contribution is 0.0314. The number of likely N-dealkylation sites (N-methyl/N-ethyl adjacent to an activating group) is 1. The number of anilines is 1. The second kappa shape index (κ2) is 7.31.